The van der Waals surface area contributed by atoms with Crippen molar-refractivity contribution in [2.75, 3.05) is 33.9 Å². The number of H-pyrrole nitrogens is 2. The van der Waals surface area contributed by atoms with Crippen LogP contribution in [-0.2, 0) is 118 Å². The van der Waals surface area contributed by atoms with Crippen molar-refractivity contribution in [2.45, 2.75) is 173 Å². The Morgan fingerprint density at radius 2 is 0.860 bits per heavy atom. The number of nitrogens with one attached hydrogen (secondary N) is 7. The number of amides is 13. The van der Waals surface area contributed by atoms with Crippen molar-refractivity contribution in [3.05, 3.63) is 36.4 Å². The number of methoxy groups -OCH3 is 2. The summed E-state index contributed by atoms with van der Waals surface area (Å²) in [5.41, 5.74) is 7.03. The topological polar surface area (TPSA) is 565 Å². The molecule has 10 heterocycles. The number of nitrogens with two attached hydrogens (primary N) is 1. The van der Waals surface area contributed by atoms with Crippen molar-refractivity contribution >= 4 is 131 Å². The van der Waals surface area contributed by atoms with Gasteiger partial charge in [0.25, 0.3) is 47.3 Å². The minimum atomic E-state index is -0.944. The highest BCUT2D eigenvalue weighted by molar-refractivity contribution is 6.04. The SMILES string of the molecule is CCN(CC)CC.COC(=O)[C@@H](N)Cc1cnc[nH]1.COC(=O)[C@H](Cc1cnc[nH]1)NC(=O)[C@@H]1CCC(=O)N1.Cl.Cl.O=C1CCC(=O)N1O.O=C1CCC(=O)N1O.O=C1CC[C@@H](C(=O)O)N1.O=C1CC[C@@H](C(=O)ON2C(=O)CCC2=O)N1.O=C1CC[C@@H](C(=O)ON2C(=O)CCC2=O)N1.[2H]C#C. The largest absolute Gasteiger partial charge is 0.480 e. The van der Waals surface area contributed by atoms with Gasteiger partial charge in [-0.3, -0.25) is 77.5 Å². The molecule has 0 aliphatic carbocycles. The zero-order valence-electron chi connectivity index (χ0n) is 56.0. The minimum absolute atomic E-state index is 0. The zero-order chi connectivity index (χ0) is 74.5. The van der Waals surface area contributed by atoms with E-state index < -0.39 is 113 Å². The predicted octanol–water partition coefficient (Wildman–Crippen LogP) is -3.07. The van der Waals surface area contributed by atoms with Gasteiger partial charge < -0.3 is 71.4 Å². The molecule has 0 unspecified atom stereocenters. The van der Waals surface area contributed by atoms with Gasteiger partial charge >= 0.3 is 29.8 Å². The fourth-order valence-corrected chi connectivity index (χ4v) is 8.71. The van der Waals surface area contributed by atoms with E-state index in [1.54, 1.807) is 18.7 Å². The van der Waals surface area contributed by atoms with Gasteiger partial charge in [0.1, 0.15) is 37.6 Å². The van der Waals surface area contributed by atoms with Crippen molar-refractivity contribution in [3.8, 4) is 12.8 Å². The molecule has 13 amide bonds. The van der Waals surface area contributed by atoms with E-state index in [1.807, 2.05) is 0 Å². The average molecular weight is 1460 g/mol. The number of carbonyl (C=O) groups excluding carboxylic acids is 17. The van der Waals surface area contributed by atoms with Crippen molar-refractivity contribution < 1.29 is 122 Å². The first-order chi connectivity index (χ1) is 46.9. The van der Waals surface area contributed by atoms with Gasteiger partial charge in [-0.05, 0) is 45.3 Å². The Balaban J connectivity index is 0.00000115. The predicted molar refractivity (Wildman–Crippen MR) is 339 cm³/mol. The molecule has 8 aliphatic rings. The molecule has 8 aliphatic heterocycles. The maximum atomic E-state index is 12.0. The maximum absolute atomic E-state index is 12.0. The van der Waals surface area contributed by atoms with Gasteiger partial charge in [0.15, 0.2) is 0 Å². The molecule has 554 valence electrons. The number of hydroxylamine groups is 8. The minimum Gasteiger partial charge on any atom is -0.480 e. The van der Waals surface area contributed by atoms with Crippen molar-refractivity contribution in [2.24, 2.45) is 5.73 Å². The molecule has 8 saturated heterocycles. The van der Waals surface area contributed by atoms with E-state index >= 15 is 0 Å². The number of esters is 2. The third-order valence-corrected chi connectivity index (χ3v) is 14.2. The summed E-state index contributed by atoms with van der Waals surface area (Å²) in [5, 5.41) is 38.7. The number of carboxylic acids is 1. The second-order valence-corrected chi connectivity index (χ2v) is 21.1. The quantitative estimate of drug-likeness (QED) is 0.0344. The molecular weight excluding hydrogens is 1380 g/mol. The third kappa shape index (κ3) is 31.0. The molecular formula is C58H83Cl2N15O25. The lowest BCUT2D eigenvalue weighted by atomic mass is 10.1. The average Bonchev–Trinajstić information content (AvgIpc) is 1.73. The van der Waals surface area contributed by atoms with Crippen LogP contribution in [0.1, 0.15) is 136 Å². The van der Waals surface area contributed by atoms with E-state index in [-0.39, 0.29) is 135 Å². The van der Waals surface area contributed by atoms with Gasteiger partial charge in [-0.15, -0.1) is 47.8 Å². The Kier molecular flexibility index (Phi) is 41.0. The van der Waals surface area contributed by atoms with Crippen LogP contribution in [0.4, 0.5) is 0 Å². The second-order valence-electron chi connectivity index (χ2n) is 21.1. The van der Waals surface area contributed by atoms with Crippen LogP contribution in [0.3, 0.4) is 0 Å². The highest BCUT2D eigenvalue weighted by Gasteiger charge is 2.39. The van der Waals surface area contributed by atoms with Crippen molar-refractivity contribution in [1.29, 1.82) is 0 Å². The molecule has 10 rings (SSSR count). The summed E-state index contributed by atoms with van der Waals surface area (Å²) in [5.74, 6) is -8.74. The number of aliphatic carboxylic acids is 1. The van der Waals surface area contributed by atoms with E-state index in [0.717, 1.165) is 5.69 Å². The normalized spacial score (nSPS) is 19.7. The number of imidazole rings is 2. The lowest BCUT2D eigenvalue weighted by molar-refractivity contribution is -0.198. The Hall–Kier alpha value is -10.3. The third-order valence-electron chi connectivity index (χ3n) is 14.2. The van der Waals surface area contributed by atoms with Crippen LogP contribution >= 0.6 is 24.8 Å². The molecule has 12 N–H and O–H groups in total. The molecule has 40 nitrogen and oxygen atoms in total. The first kappa shape index (κ1) is 87.7. The number of hydrogen-bond donors (Lipinski definition) is 11. The van der Waals surface area contributed by atoms with Crippen molar-refractivity contribution in [3.63, 3.8) is 0 Å². The Morgan fingerprint density at radius 1 is 0.550 bits per heavy atom. The number of halogens is 2. The standard InChI is InChI=1S/C12H16N4O4.2C9H10N2O5.C7H11N3O2.C6H15N.C5H7NO3.2C4H5NO3.C2H2.2ClH/c1-20-12(19)9(4-7-5-13-6-14-7)16-11(18)8-2-3-10(17)15-8;2*12-6-2-1-5(10-6)9(15)16-11-7(13)3-4-8(11)14;1-12-7(11)6(8)2-5-3-9-4-10-5;1-4-7(5-2)6-3;7-4-2-1-3(6-4)5(8)9;2*6-3-1-2-4(7)5(3)8;1-2;;/h5-6,8-9H,2-4H2,1H3,(H,13,14)(H,15,17)(H,16,18);2*5H,1-4H2,(H,10,12);3-4,6H,2,8H2,1H3,(H,9,10);4-6H2,1-3H3;3H,1-2H2,(H,6,7)(H,8,9);2*8H,1-2H2;1-2H;2*1H/t8-,9-;2*5-;6-;;3-;;;;;/m0000.0...../s1/i;;;;;;;;1D;;. The maximum Gasteiger partial charge on any atom is 0.355 e. The molecule has 2 aromatic rings. The fraction of sp³-hybridized carbons (Fsp3) is 0.552. The molecule has 100 heavy (non-hydrogen) atoms. The summed E-state index contributed by atoms with van der Waals surface area (Å²) in [6.07, 6.45) is 16.2. The van der Waals surface area contributed by atoms with Gasteiger partial charge in [-0.1, -0.05) is 20.8 Å². The molecule has 42 heteroatoms. The number of carboxylic acid groups (broad SMARTS) is 1. The van der Waals surface area contributed by atoms with Crippen LogP contribution < -0.4 is 32.3 Å². The number of rotatable bonds is 16. The van der Waals surface area contributed by atoms with E-state index in [4.69, 9.17) is 22.6 Å². The van der Waals surface area contributed by atoms with Gasteiger partial charge in [0.2, 0.25) is 29.5 Å². The second kappa shape index (κ2) is 46.8. The van der Waals surface area contributed by atoms with E-state index in [2.05, 4.69) is 97.8 Å². The van der Waals surface area contributed by atoms with E-state index in [0.29, 0.717) is 60.8 Å². The van der Waals surface area contributed by atoms with E-state index in [1.165, 1.54) is 46.6 Å². The van der Waals surface area contributed by atoms with Crippen LogP contribution in [0.2, 0.25) is 0 Å². The molecule has 0 spiro atoms. The molecule has 8 fully saturated rings. The Morgan fingerprint density at radius 3 is 1.10 bits per heavy atom. The molecule has 6 atom stereocenters. The molecule has 0 bridgehead atoms. The van der Waals surface area contributed by atoms with Gasteiger partial charge in [0, 0.05) is 114 Å². The summed E-state index contributed by atoms with van der Waals surface area (Å²) in [6.45, 7) is 10.1. The number of nitrogens with zero attached hydrogens (tertiary/aromatic N) is 7. The monoisotopic (exact) mass is 1460 g/mol. The molecule has 0 aromatic carbocycles. The smallest absolute Gasteiger partial charge is 0.355 e. The van der Waals surface area contributed by atoms with Gasteiger partial charge in [0.05, 0.1) is 26.9 Å². The highest BCUT2D eigenvalue weighted by atomic mass is 35.5. The van der Waals surface area contributed by atoms with Crippen LogP contribution in [-0.4, -0.2) is 237 Å². The Bertz CT molecular complexity index is 3070. The fourth-order valence-electron chi connectivity index (χ4n) is 8.71. The molecule has 2 aromatic heterocycles. The summed E-state index contributed by atoms with van der Waals surface area (Å²) in [6, 6.07) is -4.17. The zero-order valence-corrected chi connectivity index (χ0v) is 56.7. The Labute approximate surface area is 584 Å². The summed E-state index contributed by atoms with van der Waals surface area (Å²) in [4.78, 5) is 221. The van der Waals surface area contributed by atoms with Crippen LogP contribution in [0.25, 0.3) is 0 Å². The van der Waals surface area contributed by atoms with Crippen LogP contribution in [0.15, 0.2) is 25.0 Å². The first-order valence-corrected chi connectivity index (χ1v) is 30.3. The number of terminal acetylenes is 1. The number of ether oxygens (including phenoxy) is 2. The summed E-state index contributed by atoms with van der Waals surface area (Å²) >= 11 is 0. The molecule has 0 radical (unpaired) electrons. The highest BCUT2D eigenvalue weighted by Crippen LogP contribution is 2.18. The number of carbonyl (C=O) groups is 18. The summed E-state index contributed by atoms with van der Waals surface area (Å²) < 4.78 is 14.9. The lowest BCUT2D eigenvalue weighted by Crippen LogP contribution is -2.50. The van der Waals surface area contributed by atoms with Gasteiger partial charge in [-0.2, -0.15) is 10.1 Å². The van der Waals surface area contributed by atoms with Crippen molar-refractivity contribution in [1.82, 2.24) is 71.7 Å². The van der Waals surface area contributed by atoms with E-state index in [9.17, 15) is 86.3 Å². The number of imide groups is 4. The van der Waals surface area contributed by atoms with Crippen LogP contribution in [0.5, 0.6) is 0 Å². The number of hydrogen-bond acceptors (Lipinski definition) is 28. The van der Waals surface area contributed by atoms with Gasteiger partial charge in [-0.25, -0.2) is 29.1 Å². The first-order valence-electron chi connectivity index (χ1n) is 30.8. The number of aromatic amines is 2. The number of aromatic nitrogens is 4. The lowest BCUT2D eigenvalue weighted by Gasteiger charge is -2.18. The van der Waals surface area contributed by atoms with Crippen LogP contribution in [0, 0.1) is 12.8 Å². The summed E-state index contributed by atoms with van der Waals surface area (Å²) in [7, 11) is 2.57. The molecule has 0 saturated carbocycles.